The molecule has 0 heterocycles. The van der Waals surface area contributed by atoms with Crippen molar-refractivity contribution in [1.82, 2.24) is 0 Å². The van der Waals surface area contributed by atoms with E-state index in [9.17, 15) is 9.59 Å². The first-order valence-electron chi connectivity index (χ1n) is 3.44. The van der Waals surface area contributed by atoms with Gasteiger partial charge in [-0.1, -0.05) is 13.8 Å². The van der Waals surface area contributed by atoms with Crippen LogP contribution < -0.4 is 0 Å². The van der Waals surface area contributed by atoms with Crippen molar-refractivity contribution in [3.8, 4) is 0 Å². The number of esters is 2. The lowest BCUT2D eigenvalue weighted by molar-refractivity contribution is -0.159. The van der Waals surface area contributed by atoms with Gasteiger partial charge in [-0.3, -0.25) is 9.59 Å². The summed E-state index contributed by atoms with van der Waals surface area (Å²) in [5, 5.41) is 0. The van der Waals surface area contributed by atoms with Crippen LogP contribution in [0.15, 0.2) is 0 Å². The van der Waals surface area contributed by atoms with E-state index in [2.05, 4.69) is 4.74 Å². The summed E-state index contributed by atoms with van der Waals surface area (Å²) in [5.41, 5.74) is 0. The molecule has 0 aliphatic heterocycles. The van der Waals surface area contributed by atoms with Gasteiger partial charge in [-0.25, -0.2) is 0 Å². The van der Waals surface area contributed by atoms with Crippen molar-refractivity contribution in [2.24, 2.45) is 0 Å². The van der Waals surface area contributed by atoms with Crippen LogP contribution in [-0.2, 0) is 14.3 Å². The minimum atomic E-state index is -0.446. The molecule has 0 N–H and O–H groups in total. The fourth-order valence-corrected chi connectivity index (χ4v) is 0.454. The molecule has 0 aromatic heterocycles. The molecule has 58 valence electrons. The van der Waals surface area contributed by atoms with E-state index in [1.807, 2.05) is 6.92 Å². The Morgan fingerprint density at radius 1 is 1.20 bits per heavy atom. The van der Waals surface area contributed by atoms with Crippen LogP contribution in [-0.4, -0.2) is 11.9 Å². The molecule has 0 radical (unpaired) electrons. The first-order chi connectivity index (χ1) is 4.70. The average molecular weight is 144 g/mol. The Labute approximate surface area is 60.4 Å². The quantitative estimate of drug-likeness (QED) is 0.442. The summed E-state index contributed by atoms with van der Waals surface area (Å²) in [6.07, 6.45) is 1.30. The van der Waals surface area contributed by atoms with Crippen LogP contribution in [0.25, 0.3) is 0 Å². The van der Waals surface area contributed by atoms with E-state index in [1.165, 1.54) is 0 Å². The lowest BCUT2D eigenvalue weighted by atomic mass is 10.3. The van der Waals surface area contributed by atoms with Crippen LogP contribution in [0.1, 0.15) is 33.1 Å². The molecule has 0 rings (SSSR count). The molecule has 0 aliphatic rings. The van der Waals surface area contributed by atoms with E-state index in [-0.39, 0.29) is 6.42 Å². The Morgan fingerprint density at radius 2 is 1.80 bits per heavy atom. The maximum absolute atomic E-state index is 10.6. The monoisotopic (exact) mass is 144 g/mol. The molecule has 0 aromatic rings. The van der Waals surface area contributed by atoms with E-state index < -0.39 is 11.9 Å². The van der Waals surface area contributed by atoms with Crippen LogP contribution in [0.5, 0.6) is 0 Å². The van der Waals surface area contributed by atoms with Crippen molar-refractivity contribution in [3.05, 3.63) is 0 Å². The molecule has 0 spiro atoms. The number of ether oxygens (including phenoxy) is 1. The molecule has 0 saturated carbocycles. The van der Waals surface area contributed by atoms with Crippen LogP contribution in [0, 0.1) is 0 Å². The molecule has 0 amide bonds. The molecule has 0 bridgehead atoms. The van der Waals surface area contributed by atoms with Gasteiger partial charge in [0.2, 0.25) is 0 Å². The fourth-order valence-electron chi connectivity index (χ4n) is 0.454. The number of hydrogen-bond acceptors (Lipinski definition) is 3. The standard InChI is InChI=1S/C7H12O3/c1-3-5-7(9)10-6(8)4-2/h3-5H2,1-2H3. The highest BCUT2D eigenvalue weighted by Gasteiger charge is 2.05. The first kappa shape index (κ1) is 9.14. The highest BCUT2D eigenvalue weighted by Crippen LogP contribution is 1.93. The molecule has 0 aromatic carbocycles. The van der Waals surface area contributed by atoms with Gasteiger partial charge in [0.05, 0.1) is 0 Å². The third-order valence-electron chi connectivity index (χ3n) is 0.970. The second kappa shape index (κ2) is 4.97. The van der Waals surface area contributed by atoms with Gasteiger partial charge in [0.15, 0.2) is 0 Å². The summed E-state index contributed by atoms with van der Waals surface area (Å²) in [5.74, 6) is -0.868. The van der Waals surface area contributed by atoms with Gasteiger partial charge < -0.3 is 4.74 Å². The van der Waals surface area contributed by atoms with Crippen LogP contribution in [0.4, 0.5) is 0 Å². The Bertz CT molecular complexity index is 129. The van der Waals surface area contributed by atoms with Crippen molar-refractivity contribution in [3.63, 3.8) is 0 Å². The summed E-state index contributed by atoms with van der Waals surface area (Å²) in [7, 11) is 0. The topological polar surface area (TPSA) is 43.4 Å². The van der Waals surface area contributed by atoms with Crippen molar-refractivity contribution < 1.29 is 14.3 Å². The maximum atomic E-state index is 10.6. The molecule has 3 nitrogen and oxygen atoms in total. The Morgan fingerprint density at radius 3 is 2.20 bits per heavy atom. The third kappa shape index (κ3) is 4.06. The minimum Gasteiger partial charge on any atom is -0.393 e. The SMILES string of the molecule is CCCC(=O)OC(=O)CC. The number of rotatable bonds is 3. The van der Waals surface area contributed by atoms with Gasteiger partial charge in [-0.05, 0) is 6.42 Å². The molecular formula is C7H12O3. The van der Waals surface area contributed by atoms with Crippen molar-refractivity contribution in [2.45, 2.75) is 33.1 Å². The second-order valence-corrected chi connectivity index (χ2v) is 1.95. The molecule has 10 heavy (non-hydrogen) atoms. The molecular weight excluding hydrogens is 132 g/mol. The van der Waals surface area contributed by atoms with E-state index in [1.54, 1.807) is 6.92 Å². The zero-order valence-electron chi connectivity index (χ0n) is 6.35. The zero-order valence-corrected chi connectivity index (χ0v) is 6.35. The Hall–Kier alpha value is -0.860. The van der Waals surface area contributed by atoms with E-state index in [4.69, 9.17) is 0 Å². The lowest BCUT2D eigenvalue weighted by Crippen LogP contribution is -2.10. The summed E-state index contributed by atoms with van der Waals surface area (Å²) < 4.78 is 4.36. The Balaban J connectivity index is 3.47. The van der Waals surface area contributed by atoms with Gasteiger partial charge in [-0.2, -0.15) is 0 Å². The van der Waals surface area contributed by atoms with Gasteiger partial charge >= 0.3 is 11.9 Å². The zero-order chi connectivity index (χ0) is 7.98. The van der Waals surface area contributed by atoms with E-state index in [0.29, 0.717) is 6.42 Å². The van der Waals surface area contributed by atoms with Gasteiger partial charge in [0, 0.05) is 12.8 Å². The van der Waals surface area contributed by atoms with Crippen LogP contribution in [0.2, 0.25) is 0 Å². The van der Waals surface area contributed by atoms with E-state index in [0.717, 1.165) is 6.42 Å². The summed E-state index contributed by atoms with van der Waals surface area (Å²) in [4.78, 5) is 21.0. The van der Waals surface area contributed by atoms with Crippen molar-refractivity contribution in [2.75, 3.05) is 0 Å². The predicted molar refractivity (Wildman–Crippen MR) is 36.3 cm³/mol. The molecule has 0 unspecified atom stereocenters. The third-order valence-corrected chi connectivity index (χ3v) is 0.970. The lowest BCUT2D eigenvalue weighted by Gasteiger charge is -1.97. The minimum absolute atomic E-state index is 0.259. The molecule has 0 atom stereocenters. The maximum Gasteiger partial charge on any atom is 0.313 e. The molecule has 0 saturated heterocycles. The van der Waals surface area contributed by atoms with Crippen LogP contribution >= 0.6 is 0 Å². The number of hydrogen-bond donors (Lipinski definition) is 0. The number of carbonyl (C=O) groups is 2. The van der Waals surface area contributed by atoms with Crippen LogP contribution in [0.3, 0.4) is 0 Å². The average Bonchev–Trinajstić information content (AvgIpc) is 1.88. The first-order valence-corrected chi connectivity index (χ1v) is 3.44. The fraction of sp³-hybridized carbons (Fsp3) is 0.714. The van der Waals surface area contributed by atoms with Crippen molar-refractivity contribution in [1.29, 1.82) is 0 Å². The summed E-state index contributed by atoms with van der Waals surface area (Å²) >= 11 is 0. The van der Waals surface area contributed by atoms with E-state index >= 15 is 0 Å². The smallest absolute Gasteiger partial charge is 0.313 e. The summed E-state index contributed by atoms with van der Waals surface area (Å²) in [6.45, 7) is 3.51. The molecule has 3 heteroatoms. The largest absolute Gasteiger partial charge is 0.393 e. The van der Waals surface area contributed by atoms with Gasteiger partial charge in [0.1, 0.15) is 0 Å². The summed E-state index contributed by atoms with van der Waals surface area (Å²) in [6, 6.07) is 0. The van der Waals surface area contributed by atoms with Crippen molar-refractivity contribution >= 4 is 11.9 Å². The predicted octanol–water partition coefficient (Wildman–Crippen LogP) is 1.27. The molecule has 0 aliphatic carbocycles. The molecule has 0 fully saturated rings. The van der Waals surface area contributed by atoms with Gasteiger partial charge in [-0.15, -0.1) is 0 Å². The normalized spacial score (nSPS) is 9.00. The highest BCUT2D eigenvalue weighted by molar-refractivity contribution is 5.85. The number of carbonyl (C=O) groups excluding carboxylic acids is 2. The van der Waals surface area contributed by atoms with Gasteiger partial charge in [0.25, 0.3) is 0 Å². The second-order valence-electron chi connectivity index (χ2n) is 1.95. The Kier molecular flexibility index (Phi) is 4.54. The highest BCUT2D eigenvalue weighted by atomic mass is 16.6.